The van der Waals surface area contributed by atoms with Crippen molar-refractivity contribution >= 4 is 12.0 Å². The Balaban J connectivity index is 1.59. The fourth-order valence-electron chi connectivity index (χ4n) is 3.54. The highest BCUT2D eigenvalue weighted by Crippen LogP contribution is 2.33. The van der Waals surface area contributed by atoms with Gasteiger partial charge in [0.25, 0.3) is 5.91 Å². The molecule has 0 saturated carbocycles. The maximum Gasteiger partial charge on any atom is 0.410 e. The summed E-state index contributed by atoms with van der Waals surface area (Å²) < 4.78 is 11.4. The second-order valence-corrected chi connectivity index (χ2v) is 8.01. The van der Waals surface area contributed by atoms with Gasteiger partial charge in [0.2, 0.25) is 0 Å². The Labute approximate surface area is 163 Å². The first-order valence-corrected chi connectivity index (χ1v) is 9.38. The van der Waals surface area contributed by atoms with Crippen molar-refractivity contribution in [3.63, 3.8) is 0 Å². The Hall–Kier alpha value is -3.03. The first-order chi connectivity index (χ1) is 13.3. The van der Waals surface area contributed by atoms with Gasteiger partial charge in [-0.2, -0.15) is 0 Å². The molecule has 4 heterocycles. The van der Waals surface area contributed by atoms with Gasteiger partial charge >= 0.3 is 6.09 Å². The molecule has 0 spiro atoms. The second kappa shape index (κ2) is 6.85. The lowest BCUT2D eigenvalue weighted by Gasteiger charge is -2.40. The van der Waals surface area contributed by atoms with E-state index in [-0.39, 0.29) is 18.0 Å². The summed E-state index contributed by atoms with van der Waals surface area (Å²) in [4.78, 5) is 36.7. The van der Waals surface area contributed by atoms with Gasteiger partial charge in [-0.15, -0.1) is 0 Å². The maximum atomic E-state index is 13.3. The number of pyridine rings is 1. The monoisotopic (exact) mass is 384 g/mol. The maximum absolute atomic E-state index is 13.3. The van der Waals surface area contributed by atoms with Crippen LogP contribution in [0.15, 0.2) is 30.6 Å². The van der Waals surface area contributed by atoms with Crippen LogP contribution in [-0.4, -0.2) is 69.7 Å². The number of carbonyl (C=O) groups excluding carboxylic acids is 2. The average molecular weight is 384 g/mol. The lowest BCUT2D eigenvalue weighted by Crippen LogP contribution is -2.58. The summed E-state index contributed by atoms with van der Waals surface area (Å²) in [5, 5.41) is 0. The zero-order chi connectivity index (χ0) is 19.9. The first-order valence-electron chi connectivity index (χ1n) is 9.38. The van der Waals surface area contributed by atoms with Crippen LogP contribution in [-0.2, 0) is 4.74 Å². The number of nitrogens with one attached hydrogen (secondary N) is 1. The van der Waals surface area contributed by atoms with Gasteiger partial charge in [-0.25, -0.2) is 4.79 Å². The van der Waals surface area contributed by atoms with Crippen LogP contribution in [0.5, 0.6) is 5.75 Å². The van der Waals surface area contributed by atoms with Gasteiger partial charge in [-0.1, -0.05) is 0 Å². The van der Waals surface area contributed by atoms with Crippen LogP contribution in [0, 0.1) is 0 Å². The Morgan fingerprint density at radius 3 is 2.86 bits per heavy atom. The summed E-state index contributed by atoms with van der Waals surface area (Å²) in [5.74, 6) is 0.391. The highest BCUT2D eigenvalue weighted by molar-refractivity contribution is 6.02. The first kappa shape index (κ1) is 18.3. The number of fused-ring (bicyclic) bond motifs is 2. The molecule has 8 heteroatoms. The molecule has 28 heavy (non-hydrogen) atoms. The van der Waals surface area contributed by atoms with E-state index in [1.54, 1.807) is 28.3 Å². The number of aromatic amines is 1. The Morgan fingerprint density at radius 2 is 2.14 bits per heavy atom. The zero-order valence-electron chi connectivity index (χ0n) is 16.3. The van der Waals surface area contributed by atoms with Gasteiger partial charge < -0.3 is 24.3 Å². The van der Waals surface area contributed by atoms with Crippen molar-refractivity contribution in [2.75, 3.05) is 26.2 Å². The van der Waals surface area contributed by atoms with E-state index in [0.717, 1.165) is 5.69 Å². The number of aromatic nitrogens is 2. The summed E-state index contributed by atoms with van der Waals surface area (Å²) in [7, 11) is 0. The molecule has 8 nitrogen and oxygen atoms in total. The summed E-state index contributed by atoms with van der Waals surface area (Å²) in [6, 6.07) is 5.21. The van der Waals surface area contributed by atoms with Crippen LogP contribution < -0.4 is 4.74 Å². The molecule has 2 aliphatic heterocycles. The number of carbonyl (C=O) groups is 2. The van der Waals surface area contributed by atoms with Gasteiger partial charge in [-0.3, -0.25) is 9.78 Å². The van der Waals surface area contributed by atoms with E-state index in [9.17, 15) is 9.59 Å². The van der Waals surface area contributed by atoms with Crippen molar-refractivity contribution in [3.05, 3.63) is 36.2 Å². The summed E-state index contributed by atoms with van der Waals surface area (Å²) >= 11 is 0. The van der Waals surface area contributed by atoms with E-state index in [1.165, 1.54) is 0 Å². The van der Waals surface area contributed by atoms with Gasteiger partial charge in [0.15, 0.2) is 0 Å². The molecule has 2 aromatic heterocycles. The molecule has 0 bridgehead atoms. The molecule has 1 N–H and O–H groups in total. The van der Waals surface area contributed by atoms with Crippen LogP contribution in [0.1, 0.15) is 31.1 Å². The minimum Gasteiger partial charge on any atom is -0.490 e. The highest BCUT2D eigenvalue weighted by atomic mass is 16.6. The zero-order valence-corrected chi connectivity index (χ0v) is 16.3. The average Bonchev–Trinajstić information content (AvgIpc) is 3.14. The summed E-state index contributed by atoms with van der Waals surface area (Å²) in [6.07, 6.45) is 3.07. The molecule has 2 aliphatic rings. The third-order valence-corrected chi connectivity index (χ3v) is 4.81. The van der Waals surface area contributed by atoms with Crippen molar-refractivity contribution in [2.24, 2.45) is 0 Å². The predicted molar refractivity (Wildman–Crippen MR) is 102 cm³/mol. The van der Waals surface area contributed by atoms with E-state index < -0.39 is 5.60 Å². The lowest BCUT2D eigenvalue weighted by molar-refractivity contribution is 0.000956. The SMILES string of the molecule is CC(C)(C)OC(=O)N1CCN2C(=O)c3c(ccnc3-c3ccc[nH]3)OCC2C1. The van der Waals surface area contributed by atoms with Crippen molar-refractivity contribution in [2.45, 2.75) is 32.4 Å². The quantitative estimate of drug-likeness (QED) is 0.816. The highest BCUT2D eigenvalue weighted by Gasteiger charge is 2.39. The van der Waals surface area contributed by atoms with Crippen LogP contribution in [0.2, 0.25) is 0 Å². The molecule has 1 fully saturated rings. The van der Waals surface area contributed by atoms with E-state index in [2.05, 4.69) is 9.97 Å². The minimum atomic E-state index is -0.559. The van der Waals surface area contributed by atoms with Crippen molar-refractivity contribution in [1.82, 2.24) is 19.8 Å². The molecule has 0 aliphatic carbocycles. The lowest BCUT2D eigenvalue weighted by atomic mass is 10.1. The number of ether oxygens (including phenoxy) is 2. The fourth-order valence-corrected chi connectivity index (χ4v) is 3.54. The van der Waals surface area contributed by atoms with Gasteiger partial charge in [0.05, 0.1) is 11.7 Å². The van der Waals surface area contributed by atoms with Crippen LogP contribution >= 0.6 is 0 Å². The largest absolute Gasteiger partial charge is 0.490 e. The molecule has 148 valence electrons. The number of hydrogen-bond donors (Lipinski definition) is 1. The Bertz CT molecular complexity index is 888. The topological polar surface area (TPSA) is 87.8 Å². The predicted octanol–water partition coefficient (Wildman–Crippen LogP) is 2.53. The summed E-state index contributed by atoms with van der Waals surface area (Å²) in [6.45, 7) is 7.04. The van der Waals surface area contributed by atoms with E-state index in [1.807, 2.05) is 32.9 Å². The molecule has 2 aromatic rings. The van der Waals surface area contributed by atoms with Gasteiger partial charge in [0, 0.05) is 32.0 Å². The van der Waals surface area contributed by atoms with Crippen molar-refractivity contribution < 1.29 is 19.1 Å². The molecule has 1 saturated heterocycles. The van der Waals surface area contributed by atoms with Gasteiger partial charge in [-0.05, 0) is 39.0 Å². The number of piperazine rings is 1. The fraction of sp³-hybridized carbons (Fsp3) is 0.450. The number of hydrogen-bond acceptors (Lipinski definition) is 5. The molecular formula is C20H24N4O4. The number of H-pyrrole nitrogens is 1. The minimum absolute atomic E-state index is 0.126. The number of rotatable bonds is 1. The molecular weight excluding hydrogens is 360 g/mol. The molecule has 1 atom stereocenters. The standard InChI is InChI=1S/C20H24N4O4/c1-20(2,3)28-19(26)23-9-10-24-13(11-23)12-27-15-6-8-22-17(16(15)18(24)25)14-5-4-7-21-14/h4-8,13,21H,9-12H2,1-3H3. The number of amides is 2. The third kappa shape index (κ3) is 3.42. The Morgan fingerprint density at radius 1 is 1.32 bits per heavy atom. The second-order valence-electron chi connectivity index (χ2n) is 8.01. The molecule has 4 rings (SSSR count). The Kier molecular flexibility index (Phi) is 4.49. The van der Waals surface area contributed by atoms with E-state index >= 15 is 0 Å². The molecule has 1 unspecified atom stereocenters. The van der Waals surface area contributed by atoms with Crippen LogP contribution in [0.25, 0.3) is 11.4 Å². The third-order valence-electron chi connectivity index (χ3n) is 4.81. The van der Waals surface area contributed by atoms with Crippen molar-refractivity contribution in [3.8, 4) is 17.1 Å². The van der Waals surface area contributed by atoms with E-state index in [4.69, 9.17) is 9.47 Å². The van der Waals surface area contributed by atoms with Crippen LogP contribution in [0.3, 0.4) is 0 Å². The smallest absolute Gasteiger partial charge is 0.410 e. The molecule has 0 radical (unpaired) electrons. The van der Waals surface area contributed by atoms with Crippen molar-refractivity contribution in [1.29, 1.82) is 0 Å². The normalized spacial score (nSPS) is 19.4. The molecule has 2 amide bonds. The summed E-state index contributed by atoms with van der Waals surface area (Å²) in [5.41, 5.74) is 1.23. The number of nitrogens with zero attached hydrogens (tertiary/aromatic N) is 3. The van der Waals surface area contributed by atoms with Crippen LogP contribution in [0.4, 0.5) is 4.79 Å². The van der Waals surface area contributed by atoms with Gasteiger partial charge in [0.1, 0.15) is 29.2 Å². The van der Waals surface area contributed by atoms with E-state index in [0.29, 0.717) is 43.2 Å². The molecule has 0 aromatic carbocycles.